The standard InChI is InChI=1S/C15H19F3N2O3/c16-12-7-10(4-5-13(12)23-14(17)18)20-15(22)19-8-9-2-1-3-11(21)6-9/h4-5,7,9,11,14,21H,1-3,6,8H2,(H2,19,20,22). The summed E-state index contributed by atoms with van der Waals surface area (Å²) in [5.74, 6) is -1.36. The fourth-order valence-corrected chi connectivity index (χ4v) is 2.63. The summed E-state index contributed by atoms with van der Waals surface area (Å²) in [4.78, 5) is 11.8. The summed E-state index contributed by atoms with van der Waals surface area (Å²) < 4.78 is 41.6. The molecule has 0 aromatic heterocycles. The minimum atomic E-state index is -3.11. The van der Waals surface area contributed by atoms with Gasteiger partial charge in [0.25, 0.3) is 0 Å². The van der Waals surface area contributed by atoms with Gasteiger partial charge in [-0.05, 0) is 37.3 Å². The third-order valence-corrected chi connectivity index (χ3v) is 3.71. The van der Waals surface area contributed by atoms with Crippen molar-refractivity contribution in [3.8, 4) is 5.75 Å². The Morgan fingerprint density at radius 2 is 2.17 bits per heavy atom. The molecule has 1 saturated carbocycles. The maximum absolute atomic E-state index is 13.5. The van der Waals surface area contributed by atoms with Crippen LogP contribution in [0.5, 0.6) is 5.75 Å². The highest BCUT2D eigenvalue weighted by Gasteiger charge is 2.20. The largest absolute Gasteiger partial charge is 0.432 e. The number of hydrogen-bond acceptors (Lipinski definition) is 3. The molecule has 3 N–H and O–H groups in total. The third-order valence-electron chi connectivity index (χ3n) is 3.71. The van der Waals surface area contributed by atoms with Gasteiger partial charge < -0.3 is 20.5 Å². The second kappa shape index (κ2) is 8.05. The maximum atomic E-state index is 13.5. The Morgan fingerprint density at radius 1 is 1.39 bits per heavy atom. The van der Waals surface area contributed by atoms with E-state index in [0.29, 0.717) is 13.0 Å². The van der Waals surface area contributed by atoms with E-state index in [1.165, 1.54) is 6.07 Å². The number of amides is 2. The first kappa shape index (κ1) is 17.4. The Morgan fingerprint density at radius 3 is 2.83 bits per heavy atom. The van der Waals surface area contributed by atoms with Crippen molar-refractivity contribution in [3.63, 3.8) is 0 Å². The zero-order chi connectivity index (χ0) is 16.8. The van der Waals surface area contributed by atoms with E-state index < -0.39 is 24.2 Å². The number of nitrogens with one attached hydrogen (secondary N) is 2. The first-order chi connectivity index (χ1) is 10.9. The van der Waals surface area contributed by atoms with Crippen LogP contribution in [-0.2, 0) is 0 Å². The zero-order valence-corrected chi connectivity index (χ0v) is 12.4. The molecule has 1 aliphatic carbocycles. The molecule has 128 valence electrons. The lowest BCUT2D eigenvalue weighted by atomic mass is 9.87. The molecule has 1 aliphatic rings. The van der Waals surface area contributed by atoms with Crippen LogP contribution in [0, 0.1) is 11.7 Å². The molecular formula is C15H19F3N2O3. The van der Waals surface area contributed by atoms with E-state index in [1.54, 1.807) is 0 Å². The lowest BCUT2D eigenvalue weighted by Gasteiger charge is -2.25. The van der Waals surface area contributed by atoms with E-state index in [1.807, 2.05) is 0 Å². The van der Waals surface area contributed by atoms with Crippen molar-refractivity contribution in [2.75, 3.05) is 11.9 Å². The molecule has 5 nitrogen and oxygen atoms in total. The van der Waals surface area contributed by atoms with E-state index in [-0.39, 0.29) is 17.7 Å². The average Bonchev–Trinajstić information content (AvgIpc) is 2.48. The number of halogens is 3. The number of urea groups is 1. The van der Waals surface area contributed by atoms with Gasteiger partial charge in [0.15, 0.2) is 11.6 Å². The molecule has 2 amide bonds. The number of anilines is 1. The van der Waals surface area contributed by atoms with Gasteiger partial charge in [0.1, 0.15) is 0 Å². The molecule has 8 heteroatoms. The van der Waals surface area contributed by atoms with Gasteiger partial charge in [0.2, 0.25) is 0 Å². The molecule has 0 radical (unpaired) electrons. The maximum Gasteiger partial charge on any atom is 0.387 e. The monoisotopic (exact) mass is 332 g/mol. The number of hydrogen-bond donors (Lipinski definition) is 3. The van der Waals surface area contributed by atoms with Crippen LogP contribution in [0.4, 0.5) is 23.7 Å². The molecule has 2 unspecified atom stereocenters. The average molecular weight is 332 g/mol. The highest BCUT2D eigenvalue weighted by molar-refractivity contribution is 5.89. The number of ether oxygens (including phenoxy) is 1. The summed E-state index contributed by atoms with van der Waals surface area (Å²) in [6, 6.07) is 2.67. The molecule has 0 aliphatic heterocycles. The van der Waals surface area contributed by atoms with Crippen molar-refractivity contribution in [1.82, 2.24) is 5.32 Å². The molecular weight excluding hydrogens is 313 g/mol. The minimum Gasteiger partial charge on any atom is -0.432 e. The molecule has 2 rings (SSSR count). The Labute approximate surface area is 131 Å². The predicted molar refractivity (Wildman–Crippen MR) is 78.0 cm³/mol. The number of benzene rings is 1. The molecule has 1 aromatic carbocycles. The molecule has 1 aromatic rings. The zero-order valence-electron chi connectivity index (χ0n) is 12.4. The number of rotatable bonds is 5. The van der Waals surface area contributed by atoms with Crippen LogP contribution in [0.2, 0.25) is 0 Å². The van der Waals surface area contributed by atoms with E-state index in [9.17, 15) is 23.1 Å². The fraction of sp³-hybridized carbons (Fsp3) is 0.533. The molecule has 1 fully saturated rings. The van der Waals surface area contributed by atoms with Crippen molar-refractivity contribution >= 4 is 11.7 Å². The van der Waals surface area contributed by atoms with Crippen LogP contribution >= 0.6 is 0 Å². The number of carbonyl (C=O) groups is 1. The van der Waals surface area contributed by atoms with Crippen LogP contribution in [0.1, 0.15) is 25.7 Å². The number of alkyl halides is 2. The van der Waals surface area contributed by atoms with E-state index >= 15 is 0 Å². The van der Waals surface area contributed by atoms with Gasteiger partial charge in [0.05, 0.1) is 6.10 Å². The Kier molecular flexibility index (Phi) is 6.09. The van der Waals surface area contributed by atoms with Crippen LogP contribution in [0.15, 0.2) is 18.2 Å². The van der Waals surface area contributed by atoms with Crippen molar-refractivity contribution in [2.45, 2.75) is 38.4 Å². The Hall–Kier alpha value is -1.96. The summed E-state index contributed by atoms with van der Waals surface area (Å²) >= 11 is 0. The second-order valence-corrected chi connectivity index (χ2v) is 5.55. The molecule has 0 bridgehead atoms. The molecule has 0 heterocycles. The van der Waals surface area contributed by atoms with Crippen molar-refractivity contribution in [1.29, 1.82) is 0 Å². The van der Waals surface area contributed by atoms with Crippen molar-refractivity contribution < 1.29 is 27.8 Å². The number of aliphatic hydroxyl groups is 1. The lowest BCUT2D eigenvalue weighted by Crippen LogP contribution is -2.35. The van der Waals surface area contributed by atoms with Gasteiger partial charge in [0, 0.05) is 18.3 Å². The van der Waals surface area contributed by atoms with Crippen molar-refractivity contribution in [2.24, 2.45) is 5.92 Å². The van der Waals surface area contributed by atoms with Gasteiger partial charge in [-0.3, -0.25) is 0 Å². The third kappa shape index (κ3) is 5.63. The summed E-state index contributed by atoms with van der Waals surface area (Å²) in [5, 5.41) is 14.6. The quantitative estimate of drug-likeness (QED) is 0.776. The SMILES string of the molecule is O=C(NCC1CCCC(O)C1)Nc1ccc(OC(F)F)c(F)c1. The normalized spacial score (nSPS) is 21.1. The predicted octanol–water partition coefficient (Wildman–Crippen LogP) is 3.10. The Balaban J connectivity index is 1.81. The van der Waals surface area contributed by atoms with Gasteiger partial charge >= 0.3 is 12.6 Å². The molecule has 23 heavy (non-hydrogen) atoms. The lowest BCUT2D eigenvalue weighted by molar-refractivity contribution is -0.0521. The first-order valence-electron chi connectivity index (χ1n) is 7.41. The highest BCUT2D eigenvalue weighted by atomic mass is 19.3. The minimum absolute atomic E-state index is 0.130. The summed E-state index contributed by atoms with van der Waals surface area (Å²) in [6.45, 7) is -2.70. The second-order valence-electron chi connectivity index (χ2n) is 5.55. The summed E-state index contributed by atoms with van der Waals surface area (Å²) in [6.07, 6.45) is 2.97. The van der Waals surface area contributed by atoms with Crippen LogP contribution in [-0.4, -0.2) is 30.4 Å². The summed E-state index contributed by atoms with van der Waals surface area (Å²) in [7, 11) is 0. The van der Waals surface area contributed by atoms with Crippen LogP contribution in [0.3, 0.4) is 0 Å². The van der Waals surface area contributed by atoms with Crippen LogP contribution in [0.25, 0.3) is 0 Å². The summed E-state index contributed by atoms with van der Waals surface area (Å²) in [5.41, 5.74) is 0.130. The molecule has 0 saturated heterocycles. The number of aliphatic hydroxyl groups excluding tert-OH is 1. The van der Waals surface area contributed by atoms with Gasteiger partial charge in [-0.25, -0.2) is 9.18 Å². The van der Waals surface area contributed by atoms with E-state index in [2.05, 4.69) is 15.4 Å². The molecule has 0 spiro atoms. The Bertz CT molecular complexity index is 543. The van der Waals surface area contributed by atoms with Gasteiger partial charge in [-0.2, -0.15) is 8.78 Å². The van der Waals surface area contributed by atoms with Crippen LogP contribution < -0.4 is 15.4 Å². The smallest absolute Gasteiger partial charge is 0.387 e. The van der Waals surface area contributed by atoms with Gasteiger partial charge in [-0.1, -0.05) is 6.42 Å². The van der Waals surface area contributed by atoms with Crippen molar-refractivity contribution in [3.05, 3.63) is 24.0 Å². The van der Waals surface area contributed by atoms with Gasteiger partial charge in [-0.15, -0.1) is 0 Å². The highest BCUT2D eigenvalue weighted by Crippen LogP contribution is 2.24. The van der Waals surface area contributed by atoms with E-state index in [4.69, 9.17) is 0 Å². The number of carbonyl (C=O) groups excluding carboxylic acids is 1. The van der Waals surface area contributed by atoms with E-state index in [0.717, 1.165) is 31.4 Å². The topological polar surface area (TPSA) is 70.6 Å². The fourth-order valence-electron chi connectivity index (χ4n) is 2.63. The first-order valence-corrected chi connectivity index (χ1v) is 7.41. The molecule has 2 atom stereocenters.